The number of nitrogens with one attached hydrogen (secondary N) is 1. The van der Waals surface area contributed by atoms with Gasteiger partial charge in [-0.05, 0) is 32.8 Å². The van der Waals surface area contributed by atoms with Crippen molar-refractivity contribution in [1.29, 1.82) is 5.41 Å². The smallest absolute Gasteiger partial charge is 0.0355 e. The molecule has 1 rings (SSSR count). The molecule has 1 N–H and O–H groups in total. The molecule has 0 unspecified atom stereocenters. The van der Waals surface area contributed by atoms with Gasteiger partial charge in [-0.2, -0.15) is 0 Å². The minimum atomic E-state index is 0.625. The lowest BCUT2D eigenvalue weighted by atomic mass is 10.1. The van der Waals surface area contributed by atoms with Crippen molar-refractivity contribution < 1.29 is 0 Å². The molecule has 0 heterocycles. The molecule has 0 fully saturated rings. The van der Waals surface area contributed by atoms with Gasteiger partial charge in [-0.15, -0.1) is 0 Å². The molecule has 0 atom stereocenters. The third-order valence-electron chi connectivity index (χ3n) is 2.44. The van der Waals surface area contributed by atoms with Crippen molar-refractivity contribution >= 4 is 5.71 Å². The van der Waals surface area contributed by atoms with Crippen molar-refractivity contribution in [3.63, 3.8) is 0 Å². The molecule has 0 aliphatic carbocycles. The average Bonchev–Trinajstić information content (AvgIpc) is 2.31. The van der Waals surface area contributed by atoms with Crippen LogP contribution in [0, 0.1) is 12.3 Å². The Hall–Kier alpha value is -1.37. The zero-order valence-corrected chi connectivity index (χ0v) is 11.6. The molecule has 1 aromatic carbocycles. The average molecular weight is 231 g/mol. The van der Waals surface area contributed by atoms with Crippen LogP contribution in [-0.2, 0) is 0 Å². The SMILES string of the molecule is C/C=C\CCCC.CC(=N)c1ccc(C)cc1. The molecule has 0 saturated heterocycles. The lowest BCUT2D eigenvalue weighted by Gasteiger charge is -1.96. The van der Waals surface area contributed by atoms with Crippen molar-refractivity contribution in [3.05, 3.63) is 47.5 Å². The fourth-order valence-corrected chi connectivity index (χ4v) is 1.29. The molecule has 0 radical (unpaired) electrons. The van der Waals surface area contributed by atoms with Crippen LogP contribution in [0.2, 0.25) is 0 Å². The number of benzene rings is 1. The largest absolute Gasteiger partial charge is 0.305 e. The zero-order chi connectivity index (χ0) is 13.1. The fraction of sp³-hybridized carbons (Fsp3) is 0.438. The number of allylic oxidation sites excluding steroid dienone is 2. The van der Waals surface area contributed by atoms with E-state index < -0.39 is 0 Å². The topological polar surface area (TPSA) is 23.9 Å². The first-order valence-electron chi connectivity index (χ1n) is 6.35. The van der Waals surface area contributed by atoms with E-state index >= 15 is 0 Å². The number of hydrogen-bond acceptors (Lipinski definition) is 1. The Morgan fingerprint density at radius 1 is 1.24 bits per heavy atom. The molecule has 0 aliphatic rings. The maximum absolute atomic E-state index is 7.31. The van der Waals surface area contributed by atoms with Crippen LogP contribution in [0.5, 0.6) is 0 Å². The Morgan fingerprint density at radius 3 is 2.24 bits per heavy atom. The van der Waals surface area contributed by atoms with Crippen molar-refractivity contribution in [2.45, 2.75) is 47.0 Å². The molecule has 1 nitrogen and oxygen atoms in total. The van der Waals surface area contributed by atoms with Gasteiger partial charge in [0.2, 0.25) is 0 Å². The van der Waals surface area contributed by atoms with E-state index in [-0.39, 0.29) is 0 Å². The Labute approximate surface area is 106 Å². The molecule has 0 aromatic heterocycles. The van der Waals surface area contributed by atoms with Gasteiger partial charge in [0.05, 0.1) is 0 Å². The Kier molecular flexibility index (Phi) is 9.04. The summed E-state index contributed by atoms with van der Waals surface area (Å²) in [6.45, 7) is 8.12. The highest BCUT2D eigenvalue weighted by Crippen LogP contribution is 2.02. The lowest BCUT2D eigenvalue weighted by molar-refractivity contribution is 0.814. The molecule has 1 heteroatoms. The van der Waals surface area contributed by atoms with E-state index in [4.69, 9.17) is 5.41 Å². The van der Waals surface area contributed by atoms with Gasteiger partial charge in [0, 0.05) is 5.71 Å². The summed E-state index contributed by atoms with van der Waals surface area (Å²) in [6, 6.07) is 7.98. The standard InChI is InChI=1S/C9H11N.C7H14/c1-7-3-5-9(6-4-7)8(2)10;1-3-5-7-6-4-2/h3-6,10H,1-2H3;3,5H,4,6-7H2,1-2H3/b;5-3-. The van der Waals surface area contributed by atoms with Gasteiger partial charge in [-0.3, -0.25) is 0 Å². The van der Waals surface area contributed by atoms with E-state index in [0.717, 1.165) is 5.56 Å². The van der Waals surface area contributed by atoms with Crippen molar-refractivity contribution in [1.82, 2.24) is 0 Å². The second-order valence-corrected chi connectivity index (χ2v) is 4.20. The summed E-state index contributed by atoms with van der Waals surface area (Å²) >= 11 is 0. The van der Waals surface area contributed by atoms with Gasteiger partial charge in [-0.25, -0.2) is 0 Å². The molecule has 0 spiro atoms. The van der Waals surface area contributed by atoms with Gasteiger partial charge in [0.15, 0.2) is 0 Å². The molecular weight excluding hydrogens is 206 g/mol. The summed E-state index contributed by atoms with van der Waals surface area (Å²) in [5.74, 6) is 0. The van der Waals surface area contributed by atoms with E-state index in [2.05, 4.69) is 26.0 Å². The summed E-state index contributed by atoms with van der Waals surface area (Å²) in [5.41, 5.74) is 2.87. The van der Waals surface area contributed by atoms with Crippen molar-refractivity contribution in [2.75, 3.05) is 0 Å². The minimum Gasteiger partial charge on any atom is -0.305 e. The number of unbranched alkanes of at least 4 members (excludes halogenated alkanes) is 2. The van der Waals surface area contributed by atoms with E-state index in [1.54, 1.807) is 6.92 Å². The van der Waals surface area contributed by atoms with Gasteiger partial charge < -0.3 is 5.41 Å². The van der Waals surface area contributed by atoms with Gasteiger partial charge in [0.1, 0.15) is 0 Å². The Balaban J connectivity index is 0.000000325. The van der Waals surface area contributed by atoms with Crippen LogP contribution in [0.15, 0.2) is 36.4 Å². The van der Waals surface area contributed by atoms with Crippen LogP contribution >= 0.6 is 0 Å². The maximum atomic E-state index is 7.31. The molecule has 0 bridgehead atoms. The summed E-state index contributed by atoms with van der Waals surface area (Å²) in [5, 5.41) is 7.31. The highest BCUT2D eigenvalue weighted by atomic mass is 14.4. The molecule has 0 aliphatic heterocycles. The monoisotopic (exact) mass is 231 g/mol. The molecule has 17 heavy (non-hydrogen) atoms. The molecule has 1 aromatic rings. The van der Waals surface area contributed by atoms with E-state index in [1.165, 1.54) is 24.8 Å². The quantitative estimate of drug-likeness (QED) is 0.422. The molecule has 0 amide bonds. The summed E-state index contributed by atoms with van der Waals surface area (Å²) in [7, 11) is 0. The molecule has 94 valence electrons. The summed E-state index contributed by atoms with van der Waals surface area (Å²) in [4.78, 5) is 0. The fourth-order valence-electron chi connectivity index (χ4n) is 1.29. The third kappa shape index (κ3) is 8.44. The first-order chi connectivity index (χ1) is 8.11. The van der Waals surface area contributed by atoms with Gasteiger partial charge in [0.25, 0.3) is 0 Å². The minimum absolute atomic E-state index is 0.625. The number of rotatable bonds is 4. The van der Waals surface area contributed by atoms with E-state index in [0.29, 0.717) is 5.71 Å². The second kappa shape index (κ2) is 9.83. The van der Waals surface area contributed by atoms with Crippen LogP contribution in [0.25, 0.3) is 0 Å². The Morgan fingerprint density at radius 2 is 1.82 bits per heavy atom. The van der Waals surface area contributed by atoms with Gasteiger partial charge in [-0.1, -0.05) is 61.7 Å². The predicted molar refractivity (Wildman–Crippen MR) is 78.0 cm³/mol. The van der Waals surface area contributed by atoms with E-state index in [9.17, 15) is 0 Å². The van der Waals surface area contributed by atoms with Crippen LogP contribution in [0.3, 0.4) is 0 Å². The van der Waals surface area contributed by atoms with Crippen LogP contribution < -0.4 is 0 Å². The third-order valence-corrected chi connectivity index (χ3v) is 2.44. The normalized spacial score (nSPS) is 9.88. The maximum Gasteiger partial charge on any atom is 0.0355 e. The highest BCUT2D eigenvalue weighted by Gasteiger charge is 1.91. The van der Waals surface area contributed by atoms with E-state index in [1.807, 2.05) is 31.2 Å². The number of aryl methyl sites for hydroxylation is 1. The Bertz CT molecular complexity index is 333. The lowest BCUT2D eigenvalue weighted by Crippen LogP contribution is -1.90. The van der Waals surface area contributed by atoms with Crippen molar-refractivity contribution in [3.8, 4) is 0 Å². The molecule has 0 saturated carbocycles. The van der Waals surface area contributed by atoms with Gasteiger partial charge >= 0.3 is 0 Å². The highest BCUT2D eigenvalue weighted by molar-refractivity contribution is 5.96. The van der Waals surface area contributed by atoms with Crippen LogP contribution in [0.4, 0.5) is 0 Å². The second-order valence-electron chi connectivity index (χ2n) is 4.20. The number of hydrogen-bond donors (Lipinski definition) is 1. The van der Waals surface area contributed by atoms with Crippen LogP contribution in [-0.4, -0.2) is 5.71 Å². The summed E-state index contributed by atoms with van der Waals surface area (Å²) in [6.07, 6.45) is 8.22. The molecular formula is C16H25N. The van der Waals surface area contributed by atoms with Crippen LogP contribution in [0.1, 0.15) is 51.2 Å². The predicted octanol–water partition coefficient (Wildman–Crippen LogP) is 5.14. The first kappa shape index (κ1) is 15.6. The van der Waals surface area contributed by atoms with Crippen molar-refractivity contribution in [2.24, 2.45) is 0 Å². The first-order valence-corrected chi connectivity index (χ1v) is 6.35. The summed E-state index contributed by atoms with van der Waals surface area (Å²) < 4.78 is 0. The zero-order valence-electron chi connectivity index (χ0n) is 11.6.